The first-order chi connectivity index (χ1) is 10.2. The van der Waals surface area contributed by atoms with Gasteiger partial charge in [0.05, 0.1) is 11.4 Å². The number of sulfone groups is 1. The summed E-state index contributed by atoms with van der Waals surface area (Å²) in [5, 5.41) is 2.49. The predicted octanol–water partition coefficient (Wildman–Crippen LogP) is 2.93. The van der Waals surface area contributed by atoms with Gasteiger partial charge in [0, 0.05) is 11.8 Å². The number of carbonyl (C=O) groups excluding carboxylic acids is 1. The third-order valence-electron chi connectivity index (χ3n) is 2.99. The molecule has 2 rings (SSSR count). The minimum absolute atomic E-state index is 0.0958. The van der Waals surface area contributed by atoms with Crippen molar-refractivity contribution in [3.63, 3.8) is 0 Å². The Labute approximate surface area is 128 Å². The molecule has 0 saturated heterocycles. The molecule has 0 fully saturated rings. The molecule has 0 radical (unpaired) electrons. The number of halogens is 1. The maximum Gasteiger partial charge on any atom is 0.255 e. The number of nitrogens with one attached hydrogen (secondary N) is 1. The van der Waals surface area contributed by atoms with E-state index in [2.05, 4.69) is 5.32 Å². The van der Waals surface area contributed by atoms with E-state index in [-0.39, 0.29) is 17.0 Å². The summed E-state index contributed by atoms with van der Waals surface area (Å²) in [4.78, 5) is 12.2. The molecule has 1 N–H and O–H groups in total. The quantitative estimate of drug-likeness (QED) is 0.942. The molecule has 0 heterocycles. The van der Waals surface area contributed by atoms with Gasteiger partial charge in [0.25, 0.3) is 5.91 Å². The Morgan fingerprint density at radius 3 is 2.59 bits per heavy atom. The minimum atomic E-state index is -3.18. The fourth-order valence-electron chi connectivity index (χ4n) is 2.03. The van der Waals surface area contributed by atoms with Crippen LogP contribution in [0, 0.1) is 12.7 Å². The zero-order valence-corrected chi connectivity index (χ0v) is 13.1. The lowest BCUT2D eigenvalue weighted by Crippen LogP contribution is -2.13. The van der Waals surface area contributed by atoms with Gasteiger partial charge in [0.15, 0.2) is 9.84 Å². The van der Waals surface area contributed by atoms with E-state index < -0.39 is 21.6 Å². The van der Waals surface area contributed by atoms with Crippen LogP contribution in [0.25, 0.3) is 0 Å². The third-order valence-corrected chi connectivity index (χ3v) is 3.85. The molecule has 2 aromatic carbocycles. The summed E-state index contributed by atoms with van der Waals surface area (Å²) in [5.74, 6) is -1.15. The fourth-order valence-corrected chi connectivity index (χ4v) is 2.82. The molecule has 0 aromatic heterocycles. The second kappa shape index (κ2) is 6.27. The first-order valence-electron chi connectivity index (χ1n) is 6.59. The molecule has 0 aliphatic rings. The van der Waals surface area contributed by atoms with E-state index in [1.807, 2.05) is 0 Å². The summed E-state index contributed by atoms with van der Waals surface area (Å²) in [5.41, 5.74) is 1.71. The SMILES string of the molecule is Cc1ccc(F)c(NC(=O)c2cccc(CS(C)(=O)=O)c2)c1. The van der Waals surface area contributed by atoms with E-state index in [9.17, 15) is 17.6 Å². The molecular formula is C16H16FNO3S. The molecule has 0 spiro atoms. The first kappa shape index (κ1) is 16.2. The van der Waals surface area contributed by atoms with Gasteiger partial charge in [-0.3, -0.25) is 4.79 Å². The summed E-state index contributed by atoms with van der Waals surface area (Å²) in [6.07, 6.45) is 1.13. The second-order valence-corrected chi connectivity index (χ2v) is 7.35. The smallest absolute Gasteiger partial charge is 0.255 e. The van der Waals surface area contributed by atoms with Gasteiger partial charge in [-0.2, -0.15) is 0 Å². The fraction of sp³-hybridized carbons (Fsp3) is 0.188. The van der Waals surface area contributed by atoms with Gasteiger partial charge >= 0.3 is 0 Å². The van der Waals surface area contributed by atoms with Gasteiger partial charge in [-0.05, 0) is 42.3 Å². The topological polar surface area (TPSA) is 63.2 Å². The van der Waals surface area contributed by atoms with Crippen LogP contribution in [0.1, 0.15) is 21.5 Å². The van der Waals surface area contributed by atoms with Crippen LogP contribution in [0.2, 0.25) is 0 Å². The molecule has 116 valence electrons. The molecule has 0 aliphatic carbocycles. The van der Waals surface area contributed by atoms with Crippen LogP contribution in [-0.4, -0.2) is 20.6 Å². The van der Waals surface area contributed by atoms with E-state index in [1.165, 1.54) is 18.2 Å². The Bertz CT molecular complexity index is 816. The lowest BCUT2D eigenvalue weighted by Gasteiger charge is -2.08. The Kier molecular flexibility index (Phi) is 4.61. The minimum Gasteiger partial charge on any atom is -0.319 e. The van der Waals surface area contributed by atoms with Crippen LogP contribution in [0.3, 0.4) is 0 Å². The Morgan fingerprint density at radius 2 is 1.91 bits per heavy atom. The lowest BCUT2D eigenvalue weighted by molar-refractivity contribution is 0.102. The first-order valence-corrected chi connectivity index (χ1v) is 8.65. The maximum absolute atomic E-state index is 13.7. The number of hydrogen-bond acceptors (Lipinski definition) is 3. The summed E-state index contributed by atoms with van der Waals surface area (Å²) in [6.45, 7) is 1.79. The van der Waals surface area contributed by atoms with Gasteiger partial charge in [0.2, 0.25) is 0 Å². The number of benzene rings is 2. The van der Waals surface area contributed by atoms with E-state index in [4.69, 9.17) is 0 Å². The van der Waals surface area contributed by atoms with Crippen molar-refractivity contribution in [3.8, 4) is 0 Å². The van der Waals surface area contributed by atoms with Crippen molar-refractivity contribution in [2.75, 3.05) is 11.6 Å². The van der Waals surface area contributed by atoms with E-state index >= 15 is 0 Å². The molecular weight excluding hydrogens is 305 g/mol. The highest BCUT2D eigenvalue weighted by molar-refractivity contribution is 7.89. The number of hydrogen-bond donors (Lipinski definition) is 1. The Hall–Kier alpha value is -2.21. The zero-order chi connectivity index (χ0) is 16.3. The predicted molar refractivity (Wildman–Crippen MR) is 84.1 cm³/mol. The van der Waals surface area contributed by atoms with Crippen molar-refractivity contribution in [2.45, 2.75) is 12.7 Å². The summed E-state index contributed by atoms with van der Waals surface area (Å²) in [6, 6.07) is 10.7. The van der Waals surface area contributed by atoms with Crippen molar-refractivity contribution in [1.29, 1.82) is 0 Å². The van der Waals surface area contributed by atoms with Crippen LogP contribution in [-0.2, 0) is 15.6 Å². The number of aryl methyl sites for hydroxylation is 1. The highest BCUT2D eigenvalue weighted by Crippen LogP contribution is 2.17. The van der Waals surface area contributed by atoms with Crippen LogP contribution in [0.4, 0.5) is 10.1 Å². The molecule has 6 heteroatoms. The van der Waals surface area contributed by atoms with Gasteiger partial charge in [0.1, 0.15) is 5.82 Å². The Morgan fingerprint density at radius 1 is 1.18 bits per heavy atom. The molecule has 0 unspecified atom stereocenters. The van der Waals surface area contributed by atoms with Gasteiger partial charge < -0.3 is 5.32 Å². The largest absolute Gasteiger partial charge is 0.319 e. The van der Waals surface area contributed by atoms with Gasteiger partial charge in [-0.15, -0.1) is 0 Å². The van der Waals surface area contributed by atoms with Crippen LogP contribution in [0.15, 0.2) is 42.5 Å². The highest BCUT2D eigenvalue weighted by atomic mass is 32.2. The average molecular weight is 321 g/mol. The normalized spacial score (nSPS) is 11.2. The van der Waals surface area contributed by atoms with Crippen molar-refractivity contribution in [1.82, 2.24) is 0 Å². The molecule has 4 nitrogen and oxygen atoms in total. The maximum atomic E-state index is 13.7. The van der Waals surface area contributed by atoms with Gasteiger partial charge in [-0.25, -0.2) is 12.8 Å². The van der Waals surface area contributed by atoms with Crippen molar-refractivity contribution >= 4 is 21.4 Å². The number of rotatable bonds is 4. The summed E-state index contributed by atoms with van der Waals surface area (Å²) < 4.78 is 36.3. The number of carbonyl (C=O) groups is 1. The van der Waals surface area contributed by atoms with E-state index in [0.717, 1.165) is 11.8 Å². The number of anilines is 1. The van der Waals surface area contributed by atoms with E-state index in [0.29, 0.717) is 5.56 Å². The van der Waals surface area contributed by atoms with Crippen LogP contribution < -0.4 is 5.32 Å². The van der Waals surface area contributed by atoms with Crippen LogP contribution >= 0.6 is 0 Å². The molecule has 0 atom stereocenters. The molecule has 1 amide bonds. The Balaban J connectivity index is 2.23. The molecule has 2 aromatic rings. The van der Waals surface area contributed by atoms with E-state index in [1.54, 1.807) is 31.2 Å². The van der Waals surface area contributed by atoms with Crippen molar-refractivity contribution in [3.05, 3.63) is 65.0 Å². The zero-order valence-electron chi connectivity index (χ0n) is 12.3. The lowest BCUT2D eigenvalue weighted by atomic mass is 10.1. The molecule has 0 aliphatic heterocycles. The van der Waals surface area contributed by atoms with Gasteiger partial charge in [-0.1, -0.05) is 18.2 Å². The molecule has 22 heavy (non-hydrogen) atoms. The monoisotopic (exact) mass is 321 g/mol. The summed E-state index contributed by atoms with van der Waals surface area (Å²) >= 11 is 0. The number of amides is 1. The van der Waals surface area contributed by atoms with Crippen molar-refractivity contribution in [2.24, 2.45) is 0 Å². The standard InChI is InChI=1S/C16H16FNO3S/c1-11-6-7-14(17)15(8-11)18-16(19)13-5-3-4-12(9-13)10-22(2,20)21/h3-9H,10H2,1-2H3,(H,18,19). The molecule has 0 bridgehead atoms. The average Bonchev–Trinajstić information content (AvgIpc) is 2.41. The second-order valence-electron chi connectivity index (χ2n) is 5.21. The highest BCUT2D eigenvalue weighted by Gasteiger charge is 2.11. The summed E-state index contributed by atoms with van der Waals surface area (Å²) in [7, 11) is -3.18. The molecule has 0 saturated carbocycles. The van der Waals surface area contributed by atoms with Crippen molar-refractivity contribution < 1.29 is 17.6 Å². The van der Waals surface area contributed by atoms with Crippen LogP contribution in [0.5, 0.6) is 0 Å². The third kappa shape index (κ3) is 4.39.